The molecule has 9 nitrogen and oxygen atoms in total. The molecule has 3 aromatic rings. The van der Waals surface area contributed by atoms with E-state index >= 15 is 0 Å². The molecule has 0 saturated carbocycles. The maximum absolute atomic E-state index is 12.2. The highest BCUT2D eigenvalue weighted by Crippen LogP contribution is 2.22. The van der Waals surface area contributed by atoms with Crippen molar-refractivity contribution in [2.75, 3.05) is 13.1 Å². The zero-order valence-electron chi connectivity index (χ0n) is 17.8. The third-order valence-corrected chi connectivity index (χ3v) is 4.33. The van der Waals surface area contributed by atoms with Gasteiger partial charge in [-0.15, -0.1) is 0 Å². The first kappa shape index (κ1) is 26.2. The summed E-state index contributed by atoms with van der Waals surface area (Å²) in [5, 5.41) is 39.1. The van der Waals surface area contributed by atoms with Crippen LogP contribution in [0.5, 0.6) is 11.5 Å². The van der Waals surface area contributed by atoms with Gasteiger partial charge in [0.25, 0.3) is 5.91 Å². The van der Waals surface area contributed by atoms with E-state index in [-0.39, 0.29) is 17.4 Å². The van der Waals surface area contributed by atoms with Gasteiger partial charge in [-0.2, -0.15) is 18.3 Å². The van der Waals surface area contributed by atoms with Gasteiger partial charge in [0.05, 0.1) is 5.69 Å². The van der Waals surface area contributed by atoms with Crippen LogP contribution in [0.2, 0.25) is 0 Å². The van der Waals surface area contributed by atoms with Gasteiger partial charge in [0.2, 0.25) is 0 Å². The molecule has 12 heteroatoms. The van der Waals surface area contributed by atoms with Gasteiger partial charge in [-0.1, -0.05) is 36.4 Å². The molecule has 1 heterocycles. The second kappa shape index (κ2) is 12.3. The lowest BCUT2D eigenvalue weighted by atomic mass is 10.1. The van der Waals surface area contributed by atoms with Gasteiger partial charge in [0.1, 0.15) is 17.2 Å². The molecule has 1 amide bonds. The van der Waals surface area contributed by atoms with E-state index in [0.717, 1.165) is 17.7 Å². The minimum Gasteiger partial charge on any atom is -0.508 e. The van der Waals surface area contributed by atoms with Crippen LogP contribution < -0.4 is 10.6 Å². The topological polar surface area (TPSA) is 148 Å². The van der Waals surface area contributed by atoms with Crippen LogP contribution in [0.15, 0.2) is 54.6 Å². The molecular weight excluding hydrogens is 457 g/mol. The Morgan fingerprint density at radius 3 is 2.29 bits per heavy atom. The van der Waals surface area contributed by atoms with Crippen molar-refractivity contribution in [3.05, 3.63) is 65.9 Å². The molecule has 0 spiro atoms. The van der Waals surface area contributed by atoms with E-state index in [4.69, 9.17) is 9.90 Å². The average molecular weight is 480 g/mol. The second-order valence-electron chi connectivity index (χ2n) is 6.94. The molecule has 0 bridgehead atoms. The van der Waals surface area contributed by atoms with E-state index in [9.17, 15) is 28.2 Å². The molecule has 0 aliphatic rings. The van der Waals surface area contributed by atoms with Crippen LogP contribution in [0.4, 0.5) is 13.2 Å². The van der Waals surface area contributed by atoms with Crippen LogP contribution in [0.25, 0.3) is 11.3 Å². The van der Waals surface area contributed by atoms with Crippen molar-refractivity contribution in [2.45, 2.75) is 19.1 Å². The maximum Gasteiger partial charge on any atom is 0.490 e. The molecule has 0 saturated heterocycles. The number of aliphatic carboxylic acids is 1. The number of alkyl halides is 3. The van der Waals surface area contributed by atoms with Gasteiger partial charge in [-0.25, -0.2) is 4.79 Å². The fourth-order valence-electron chi connectivity index (χ4n) is 2.63. The first-order valence-corrected chi connectivity index (χ1v) is 9.98. The van der Waals surface area contributed by atoms with Crippen LogP contribution in [0, 0.1) is 0 Å². The summed E-state index contributed by atoms with van der Waals surface area (Å²) in [6, 6.07) is 15.9. The molecule has 0 fully saturated rings. The average Bonchev–Trinajstić information content (AvgIpc) is 3.28. The molecule has 0 radical (unpaired) electrons. The molecule has 182 valence electrons. The standard InChI is InChI=1S/C20H22N4O3.C2HF3O2/c25-16-8-7-15(19(26)11-16)13-21-9-4-10-22-20(27)18-12-17(23-24-18)14-5-2-1-3-6-14;3-2(4,5)1(6)7/h1-3,5-8,11-12,21,25-26H,4,9-10,13H2,(H,22,27)(H,23,24);(H,6,7). The summed E-state index contributed by atoms with van der Waals surface area (Å²) < 4.78 is 31.7. The highest BCUT2D eigenvalue weighted by atomic mass is 19.4. The number of carboxylic acid groups (broad SMARTS) is 1. The van der Waals surface area contributed by atoms with Gasteiger partial charge in [0, 0.05) is 30.3 Å². The lowest BCUT2D eigenvalue weighted by molar-refractivity contribution is -0.192. The molecule has 0 atom stereocenters. The quantitative estimate of drug-likeness (QED) is 0.272. The Hall–Kier alpha value is -4.06. The number of phenolic OH excluding ortho intramolecular Hbond substituents is 2. The van der Waals surface area contributed by atoms with Gasteiger partial charge in [-0.3, -0.25) is 9.89 Å². The largest absolute Gasteiger partial charge is 0.508 e. The zero-order chi connectivity index (χ0) is 25.1. The molecule has 0 aliphatic heterocycles. The summed E-state index contributed by atoms with van der Waals surface area (Å²) in [5.41, 5.74) is 2.82. The fraction of sp³-hybridized carbons (Fsp3) is 0.227. The first-order chi connectivity index (χ1) is 16.1. The molecule has 6 N–H and O–H groups in total. The number of benzene rings is 2. The predicted molar refractivity (Wildman–Crippen MR) is 116 cm³/mol. The van der Waals surface area contributed by atoms with Gasteiger partial charge in [0.15, 0.2) is 0 Å². The van der Waals surface area contributed by atoms with Crippen molar-refractivity contribution in [1.29, 1.82) is 0 Å². The van der Waals surface area contributed by atoms with Gasteiger partial charge in [-0.05, 0) is 25.1 Å². The number of aromatic nitrogens is 2. The SMILES string of the molecule is O=C(NCCCNCc1ccc(O)cc1O)c1cc(-c2ccccc2)n[nH]1.O=C(O)C(F)(F)F. The van der Waals surface area contributed by atoms with Crippen molar-refractivity contribution in [1.82, 2.24) is 20.8 Å². The Morgan fingerprint density at radius 1 is 1.00 bits per heavy atom. The van der Waals surface area contributed by atoms with Crippen molar-refractivity contribution in [3.8, 4) is 22.8 Å². The number of halogens is 3. The Labute approximate surface area is 192 Å². The third kappa shape index (κ3) is 8.47. The summed E-state index contributed by atoms with van der Waals surface area (Å²) >= 11 is 0. The molecule has 2 aromatic carbocycles. The van der Waals surface area contributed by atoms with E-state index in [2.05, 4.69) is 20.8 Å². The van der Waals surface area contributed by atoms with Gasteiger partial charge < -0.3 is 26.0 Å². The molecular formula is C22H23F3N4O5. The molecule has 1 aromatic heterocycles. The number of nitrogens with zero attached hydrogens (tertiary/aromatic N) is 1. The van der Waals surface area contributed by atoms with Crippen LogP contribution in [-0.4, -0.2) is 56.7 Å². The number of H-pyrrole nitrogens is 1. The number of aromatic amines is 1. The lowest BCUT2D eigenvalue weighted by Gasteiger charge is -2.08. The Bertz CT molecular complexity index is 1090. The van der Waals surface area contributed by atoms with Gasteiger partial charge >= 0.3 is 12.1 Å². The van der Waals surface area contributed by atoms with Crippen molar-refractivity contribution in [3.63, 3.8) is 0 Å². The number of phenols is 2. The molecule has 3 rings (SSSR count). The highest BCUT2D eigenvalue weighted by molar-refractivity contribution is 5.93. The Morgan fingerprint density at radius 2 is 1.68 bits per heavy atom. The van der Waals surface area contributed by atoms with Crippen molar-refractivity contribution in [2.24, 2.45) is 0 Å². The zero-order valence-corrected chi connectivity index (χ0v) is 17.8. The number of hydrogen-bond acceptors (Lipinski definition) is 6. The summed E-state index contributed by atoms with van der Waals surface area (Å²) in [5.74, 6) is -2.86. The Balaban J connectivity index is 0.000000509. The molecule has 34 heavy (non-hydrogen) atoms. The lowest BCUT2D eigenvalue weighted by Crippen LogP contribution is -2.27. The van der Waals surface area contributed by atoms with Crippen molar-refractivity contribution < 1.29 is 38.1 Å². The van der Waals surface area contributed by atoms with Crippen LogP contribution >= 0.6 is 0 Å². The van der Waals surface area contributed by atoms with E-state index in [1.165, 1.54) is 12.1 Å². The molecule has 0 unspecified atom stereocenters. The smallest absolute Gasteiger partial charge is 0.490 e. The predicted octanol–water partition coefficient (Wildman–Crippen LogP) is 3.03. The monoisotopic (exact) mass is 480 g/mol. The van der Waals surface area contributed by atoms with Crippen LogP contribution in [-0.2, 0) is 11.3 Å². The Kier molecular flexibility index (Phi) is 9.44. The number of carboxylic acids is 1. The minimum absolute atomic E-state index is 0.0354. The van der Waals surface area contributed by atoms with Crippen LogP contribution in [0.1, 0.15) is 22.5 Å². The number of nitrogens with one attached hydrogen (secondary N) is 3. The van der Waals surface area contributed by atoms with Crippen molar-refractivity contribution >= 4 is 11.9 Å². The number of carbonyl (C=O) groups excluding carboxylic acids is 1. The van der Waals surface area contributed by atoms with E-state index in [0.29, 0.717) is 30.9 Å². The number of rotatable bonds is 8. The number of carbonyl (C=O) groups is 2. The third-order valence-electron chi connectivity index (χ3n) is 4.33. The van der Waals surface area contributed by atoms with E-state index < -0.39 is 12.1 Å². The number of amides is 1. The van der Waals surface area contributed by atoms with Crippen LogP contribution in [0.3, 0.4) is 0 Å². The fourth-order valence-corrected chi connectivity index (χ4v) is 2.63. The highest BCUT2D eigenvalue weighted by Gasteiger charge is 2.38. The minimum atomic E-state index is -5.08. The first-order valence-electron chi connectivity index (χ1n) is 9.98. The summed E-state index contributed by atoms with van der Waals surface area (Å²) in [6.45, 7) is 1.69. The summed E-state index contributed by atoms with van der Waals surface area (Å²) in [6.07, 6.45) is -4.34. The normalized spacial score (nSPS) is 10.8. The maximum atomic E-state index is 12.2. The summed E-state index contributed by atoms with van der Waals surface area (Å²) in [7, 11) is 0. The number of aromatic hydroxyl groups is 2. The summed E-state index contributed by atoms with van der Waals surface area (Å²) in [4.78, 5) is 21.1. The molecule has 0 aliphatic carbocycles. The van der Waals surface area contributed by atoms with E-state index in [1.54, 1.807) is 12.1 Å². The second-order valence-corrected chi connectivity index (χ2v) is 6.94. The number of hydrogen-bond donors (Lipinski definition) is 6. The van der Waals surface area contributed by atoms with E-state index in [1.807, 2.05) is 30.3 Å².